The molecule has 0 spiro atoms. The Labute approximate surface area is 241 Å². The second-order valence-electron chi connectivity index (χ2n) is 15.6. The number of nitrogens with one attached hydrogen (secondary N) is 2. The van der Waals surface area contributed by atoms with Gasteiger partial charge in [0.1, 0.15) is 0 Å². The van der Waals surface area contributed by atoms with Gasteiger partial charge in [-0.2, -0.15) is 8.42 Å². The number of rotatable bonds is 13. The molecule has 9 atom stereocenters. The number of hydrazine groups is 1. The molecule has 0 bridgehead atoms. The first-order valence-electron chi connectivity index (χ1n) is 16.5. The first kappa shape index (κ1) is 31.7. The second kappa shape index (κ2) is 12.6. The quantitative estimate of drug-likeness (QED) is 0.105. The highest BCUT2D eigenvalue weighted by Gasteiger charge is 2.60. The summed E-state index contributed by atoms with van der Waals surface area (Å²) in [6.07, 6.45) is 17.2. The molecule has 3 N–H and O–H groups in total. The molecule has 4 rings (SSSR count). The SMILES string of the molecule is CCC[C@@H](C)[C@H]1CCC2C3CCC4CC(NNCCC[N+](C)(C)CCCS(=O)(=O)O)CC[C@]4(C)C3CC[C@@]21C. The molecular weight excluding hydrogens is 506 g/mol. The van der Waals surface area contributed by atoms with Gasteiger partial charge in [-0.15, -0.1) is 0 Å². The van der Waals surface area contributed by atoms with E-state index in [0.717, 1.165) is 66.0 Å². The van der Waals surface area contributed by atoms with Gasteiger partial charge in [-0.05, 0) is 104 Å². The van der Waals surface area contributed by atoms with Gasteiger partial charge in [0.2, 0.25) is 0 Å². The van der Waals surface area contributed by atoms with E-state index in [-0.39, 0.29) is 5.75 Å². The third-order valence-corrected chi connectivity index (χ3v) is 13.5. The first-order chi connectivity index (χ1) is 18.3. The van der Waals surface area contributed by atoms with Crippen LogP contribution < -0.4 is 10.9 Å². The van der Waals surface area contributed by atoms with Gasteiger partial charge in [-0.25, -0.2) is 0 Å². The summed E-state index contributed by atoms with van der Waals surface area (Å²) in [5.41, 5.74) is 8.38. The highest BCUT2D eigenvalue weighted by molar-refractivity contribution is 7.85. The van der Waals surface area contributed by atoms with Gasteiger partial charge in [0.05, 0.1) is 32.9 Å². The zero-order chi connectivity index (χ0) is 28.5. The van der Waals surface area contributed by atoms with E-state index in [1.54, 1.807) is 0 Å². The van der Waals surface area contributed by atoms with Crippen LogP contribution in [0.3, 0.4) is 0 Å². The molecule has 0 aromatic heterocycles. The van der Waals surface area contributed by atoms with Crippen molar-refractivity contribution in [1.82, 2.24) is 10.9 Å². The van der Waals surface area contributed by atoms with Crippen molar-refractivity contribution in [2.45, 2.75) is 117 Å². The summed E-state index contributed by atoms with van der Waals surface area (Å²) in [6.45, 7) is 13.0. The highest BCUT2D eigenvalue weighted by Crippen LogP contribution is 2.68. The van der Waals surface area contributed by atoms with Crippen LogP contribution in [-0.2, 0) is 10.1 Å². The molecule has 0 heterocycles. The monoisotopic (exact) mass is 568 g/mol. The Kier molecular flexibility index (Phi) is 10.2. The Bertz CT molecular complexity index is 910. The molecule has 4 fully saturated rings. The van der Waals surface area contributed by atoms with Crippen LogP contribution in [0.1, 0.15) is 111 Å². The lowest BCUT2D eigenvalue weighted by Crippen LogP contribution is -2.56. The Morgan fingerprint density at radius 3 is 2.36 bits per heavy atom. The molecule has 6 nitrogen and oxygen atoms in total. The maximum Gasteiger partial charge on any atom is 0.265 e. The van der Waals surface area contributed by atoms with Gasteiger partial charge >= 0.3 is 0 Å². The summed E-state index contributed by atoms with van der Waals surface area (Å²) in [4.78, 5) is 0. The molecule has 228 valence electrons. The van der Waals surface area contributed by atoms with Crippen molar-refractivity contribution in [1.29, 1.82) is 0 Å². The van der Waals surface area contributed by atoms with Crippen molar-refractivity contribution in [2.75, 3.05) is 39.5 Å². The maximum atomic E-state index is 11.0. The summed E-state index contributed by atoms with van der Waals surface area (Å²) in [5, 5.41) is 0. The molecule has 7 heteroatoms. The van der Waals surface area contributed by atoms with Crippen molar-refractivity contribution in [3.8, 4) is 0 Å². The summed E-state index contributed by atoms with van der Waals surface area (Å²) in [7, 11) is 0.425. The minimum absolute atomic E-state index is 0.142. The van der Waals surface area contributed by atoms with Gasteiger partial charge in [0, 0.05) is 25.4 Å². The van der Waals surface area contributed by atoms with Gasteiger partial charge in [-0.3, -0.25) is 15.4 Å². The molecule has 4 saturated carbocycles. The zero-order valence-corrected chi connectivity index (χ0v) is 27.0. The third-order valence-electron chi connectivity index (χ3n) is 12.7. The highest BCUT2D eigenvalue weighted by atomic mass is 32.2. The summed E-state index contributed by atoms with van der Waals surface area (Å²) in [6, 6.07) is 0.580. The number of hydrogen-bond acceptors (Lipinski definition) is 4. The van der Waals surface area contributed by atoms with Crippen molar-refractivity contribution in [3.05, 3.63) is 0 Å². The first-order valence-corrected chi connectivity index (χ1v) is 18.2. The van der Waals surface area contributed by atoms with Gasteiger partial charge in [0.25, 0.3) is 10.1 Å². The standard InChI is InChI=1S/C32H61N3O3S/c1-7-10-24(2)28-13-14-29-27-12-11-25-23-26(15-17-31(25,3)30(27)16-18-32(28,29)4)34-33-19-8-20-35(5,6)21-9-22-39(36,37)38/h24-30,33-34H,7-23H2,1-6H3/p+1/t24-,25?,26?,27?,28-,29?,30?,31+,32-/m1/s1. The van der Waals surface area contributed by atoms with Crippen molar-refractivity contribution >= 4 is 10.1 Å². The smallest absolute Gasteiger partial charge is 0.265 e. The second-order valence-corrected chi connectivity index (χ2v) is 17.1. The van der Waals surface area contributed by atoms with E-state index in [1.807, 2.05) is 0 Å². The van der Waals surface area contributed by atoms with Crippen LogP contribution in [-0.4, -0.2) is 63.0 Å². The lowest BCUT2D eigenvalue weighted by atomic mass is 9.44. The lowest BCUT2D eigenvalue weighted by molar-refractivity contribution is -0.890. The fraction of sp³-hybridized carbons (Fsp3) is 1.00. The van der Waals surface area contributed by atoms with E-state index >= 15 is 0 Å². The topological polar surface area (TPSA) is 78.4 Å². The Morgan fingerprint density at radius 2 is 1.64 bits per heavy atom. The number of hydrogen-bond donors (Lipinski definition) is 3. The summed E-state index contributed by atoms with van der Waals surface area (Å²) in [5.74, 6) is 5.49. The molecule has 0 aromatic rings. The van der Waals surface area contributed by atoms with Crippen LogP contribution in [0.4, 0.5) is 0 Å². The molecule has 39 heavy (non-hydrogen) atoms. The fourth-order valence-corrected chi connectivity index (χ4v) is 11.1. The molecule has 0 aliphatic heterocycles. The Hall–Kier alpha value is -0.210. The number of nitrogens with zero attached hydrogens (tertiary/aromatic N) is 1. The van der Waals surface area contributed by atoms with Gasteiger partial charge in [-0.1, -0.05) is 40.5 Å². The van der Waals surface area contributed by atoms with Gasteiger partial charge < -0.3 is 4.48 Å². The minimum atomic E-state index is -3.85. The van der Waals surface area contributed by atoms with Crippen LogP contribution in [0.15, 0.2) is 0 Å². The Balaban J connectivity index is 1.22. The van der Waals surface area contributed by atoms with E-state index in [0.29, 0.717) is 23.3 Å². The summed E-state index contributed by atoms with van der Waals surface area (Å²) >= 11 is 0. The normalized spacial score (nSPS) is 39.6. The molecule has 0 aromatic carbocycles. The average Bonchev–Trinajstić information content (AvgIpc) is 3.20. The third kappa shape index (κ3) is 7.24. The van der Waals surface area contributed by atoms with Crippen LogP contribution in [0, 0.1) is 46.3 Å². The predicted octanol–water partition coefficient (Wildman–Crippen LogP) is 6.29. The molecule has 0 saturated heterocycles. The number of fused-ring (bicyclic) bond motifs is 5. The van der Waals surface area contributed by atoms with Crippen LogP contribution >= 0.6 is 0 Å². The molecule has 4 aliphatic rings. The van der Waals surface area contributed by atoms with E-state index in [1.165, 1.54) is 70.6 Å². The minimum Gasteiger partial charge on any atom is -0.328 e. The molecular formula is C32H62N3O3S+. The van der Waals surface area contributed by atoms with Crippen molar-refractivity contribution < 1.29 is 17.5 Å². The van der Waals surface area contributed by atoms with Gasteiger partial charge in [0.15, 0.2) is 0 Å². The predicted molar refractivity (Wildman–Crippen MR) is 162 cm³/mol. The Morgan fingerprint density at radius 1 is 0.949 bits per heavy atom. The van der Waals surface area contributed by atoms with E-state index in [2.05, 4.69) is 52.6 Å². The van der Waals surface area contributed by atoms with Crippen molar-refractivity contribution in [3.63, 3.8) is 0 Å². The average molecular weight is 569 g/mol. The van der Waals surface area contributed by atoms with Crippen molar-refractivity contribution in [2.24, 2.45) is 46.3 Å². The number of quaternary nitrogens is 1. The summed E-state index contributed by atoms with van der Waals surface area (Å²) < 4.78 is 31.7. The van der Waals surface area contributed by atoms with E-state index in [4.69, 9.17) is 4.55 Å². The van der Waals surface area contributed by atoms with Crippen LogP contribution in [0.2, 0.25) is 0 Å². The molecule has 0 amide bonds. The van der Waals surface area contributed by atoms with E-state index in [9.17, 15) is 8.42 Å². The lowest BCUT2D eigenvalue weighted by Gasteiger charge is -2.61. The zero-order valence-electron chi connectivity index (χ0n) is 26.2. The molecule has 4 aliphatic carbocycles. The molecule has 0 radical (unpaired) electrons. The van der Waals surface area contributed by atoms with Crippen LogP contribution in [0.5, 0.6) is 0 Å². The fourth-order valence-electron chi connectivity index (χ4n) is 10.6. The van der Waals surface area contributed by atoms with Crippen LogP contribution in [0.25, 0.3) is 0 Å². The van der Waals surface area contributed by atoms with E-state index < -0.39 is 10.1 Å². The maximum absolute atomic E-state index is 11.0. The largest absolute Gasteiger partial charge is 0.328 e. The molecule has 5 unspecified atom stereocenters.